The number of rotatable bonds is 6. The van der Waals surface area contributed by atoms with E-state index in [0.29, 0.717) is 19.6 Å². The van der Waals surface area contributed by atoms with Crippen molar-refractivity contribution in [1.29, 1.82) is 0 Å². The van der Waals surface area contributed by atoms with Crippen molar-refractivity contribution in [2.45, 2.75) is 50.7 Å². The molecule has 109 valence electrons. The molecule has 0 aliphatic heterocycles. The van der Waals surface area contributed by atoms with Crippen molar-refractivity contribution >= 4 is 6.29 Å². The van der Waals surface area contributed by atoms with Gasteiger partial charge >= 0.3 is 0 Å². The van der Waals surface area contributed by atoms with E-state index in [4.69, 9.17) is 9.47 Å². The quantitative estimate of drug-likeness (QED) is 0.747. The first-order valence-electron chi connectivity index (χ1n) is 7.43. The Morgan fingerprint density at radius 1 is 1.10 bits per heavy atom. The molecule has 1 aliphatic carbocycles. The maximum absolute atomic E-state index is 11.7. The third-order valence-electron chi connectivity index (χ3n) is 4.07. The Kier molecular flexibility index (Phi) is 4.95. The van der Waals surface area contributed by atoms with E-state index in [2.05, 4.69) is 6.29 Å². The molecule has 1 unspecified atom stereocenters. The Labute approximate surface area is 121 Å². The van der Waals surface area contributed by atoms with Gasteiger partial charge in [-0.25, -0.2) is 0 Å². The Bertz CT molecular complexity index is 418. The highest BCUT2D eigenvalue weighted by molar-refractivity contribution is 5.69. The van der Waals surface area contributed by atoms with Crippen molar-refractivity contribution in [2.24, 2.45) is 0 Å². The zero-order chi connectivity index (χ0) is 14.5. The molecule has 1 aliphatic rings. The molecule has 1 radical (unpaired) electrons. The molecule has 2 rings (SSSR count). The standard InChI is InChI=1S/C17H23O3/c1-3-19-17(20-4-2)12-8-11-16(13-17,14-18)15-9-6-5-7-10-15/h5-7,9-10H,3-4,8,11-13H2,1-2H3. The van der Waals surface area contributed by atoms with Crippen LogP contribution < -0.4 is 0 Å². The van der Waals surface area contributed by atoms with E-state index in [9.17, 15) is 4.79 Å². The minimum absolute atomic E-state index is 0.551. The fourth-order valence-corrected chi connectivity index (χ4v) is 3.26. The predicted molar refractivity (Wildman–Crippen MR) is 78.3 cm³/mol. The van der Waals surface area contributed by atoms with Crippen LogP contribution in [0.1, 0.15) is 45.1 Å². The van der Waals surface area contributed by atoms with Gasteiger partial charge in [-0.15, -0.1) is 0 Å². The van der Waals surface area contributed by atoms with E-state index < -0.39 is 11.2 Å². The lowest BCUT2D eigenvalue weighted by Crippen LogP contribution is -2.48. The zero-order valence-corrected chi connectivity index (χ0v) is 12.4. The highest BCUT2D eigenvalue weighted by Crippen LogP contribution is 2.44. The van der Waals surface area contributed by atoms with Gasteiger partial charge in [0.25, 0.3) is 0 Å². The van der Waals surface area contributed by atoms with Gasteiger partial charge in [-0.1, -0.05) is 30.3 Å². The molecular formula is C17H23O3. The molecule has 0 bridgehead atoms. The first kappa shape index (κ1) is 15.2. The smallest absolute Gasteiger partial charge is 0.210 e. The van der Waals surface area contributed by atoms with E-state index in [1.165, 1.54) is 0 Å². The Morgan fingerprint density at radius 2 is 1.75 bits per heavy atom. The van der Waals surface area contributed by atoms with Crippen LogP contribution in [-0.2, 0) is 19.7 Å². The molecule has 1 aromatic rings. The molecular weight excluding hydrogens is 252 g/mol. The summed E-state index contributed by atoms with van der Waals surface area (Å²) in [5.41, 5.74) is 0.405. The summed E-state index contributed by atoms with van der Waals surface area (Å²) in [5.74, 6) is -0.644. The van der Waals surface area contributed by atoms with Crippen LogP contribution in [0.25, 0.3) is 0 Å². The van der Waals surface area contributed by atoms with Crippen LogP contribution in [0.15, 0.2) is 30.3 Å². The molecule has 0 saturated heterocycles. The maximum Gasteiger partial charge on any atom is 0.210 e. The van der Waals surface area contributed by atoms with Crippen molar-refractivity contribution in [3.63, 3.8) is 0 Å². The summed E-state index contributed by atoms with van der Waals surface area (Å²) in [7, 11) is 0. The molecule has 1 fully saturated rings. The second kappa shape index (κ2) is 6.51. The van der Waals surface area contributed by atoms with Gasteiger partial charge in [-0.2, -0.15) is 0 Å². The van der Waals surface area contributed by atoms with E-state index in [1.54, 1.807) is 0 Å². The van der Waals surface area contributed by atoms with Crippen LogP contribution >= 0.6 is 0 Å². The number of hydrogen-bond acceptors (Lipinski definition) is 3. The van der Waals surface area contributed by atoms with Crippen LogP contribution in [0.5, 0.6) is 0 Å². The molecule has 0 amide bonds. The lowest BCUT2D eigenvalue weighted by molar-refractivity contribution is -0.254. The second-order valence-corrected chi connectivity index (χ2v) is 5.36. The molecule has 3 heteroatoms. The topological polar surface area (TPSA) is 35.5 Å². The number of ether oxygens (including phenoxy) is 2. The molecule has 0 heterocycles. The van der Waals surface area contributed by atoms with Crippen LogP contribution in [-0.4, -0.2) is 25.3 Å². The Morgan fingerprint density at radius 3 is 2.30 bits per heavy atom. The summed E-state index contributed by atoms with van der Waals surface area (Å²) in [6.45, 7) is 5.10. The SMILES string of the molecule is CCOC1(OCC)CCCC([C]=O)(c2ccccc2)C1. The predicted octanol–water partition coefficient (Wildman–Crippen LogP) is 3.38. The average Bonchev–Trinajstić information content (AvgIpc) is 2.49. The van der Waals surface area contributed by atoms with Crippen LogP contribution in [0, 0.1) is 0 Å². The monoisotopic (exact) mass is 275 g/mol. The van der Waals surface area contributed by atoms with E-state index in [0.717, 1.165) is 24.8 Å². The second-order valence-electron chi connectivity index (χ2n) is 5.36. The minimum Gasteiger partial charge on any atom is -0.350 e. The van der Waals surface area contributed by atoms with Crippen molar-refractivity contribution in [3.05, 3.63) is 35.9 Å². The number of hydrogen-bond donors (Lipinski definition) is 0. The summed E-state index contributed by atoms with van der Waals surface area (Å²) in [5, 5.41) is 0. The first-order chi connectivity index (χ1) is 9.70. The third-order valence-corrected chi connectivity index (χ3v) is 4.07. The lowest BCUT2D eigenvalue weighted by Gasteiger charge is -2.44. The van der Waals surface area contributed by atoms with Gasteiger partial charge in [0.1, 0.15) is 0 Å². The van der Waals surface area contributed by atoms with Gasteiger partial charge in [0.05, 0.1) is 5.41 Å². The summed E-state index contributed by atoms with van der Waals surface area (Å²) >= 11 is 0. The third kappa shape index (κ3) is 2.94. The van der Waals surface area contributed by atoms with Crippen molar-refractivity contribution < 1.29 is 14.3 Å². The molecule has 1 atom stereocenters. The maximum atomic E-state index is 11.7. The van der Waals surface area contributed by atoms with Crippen LogP contribution in [0.3, 0.4) is 0 Å². The molecule has 3 nitrogen and oxygen atoms in total. The summed E-state index contributed by atoms with van der Waals surface area (Å²) < 4.78 is 11.8. The van der Waals surface area contributed by atoms with Gasteiger partial charge in [-0.05, 0) is 32.3 Å². The molecule has 0 aromatic heterocycles. The van der Waals surface area contributed by atoms with E-state index in [-0.39, 0.29) is 0 Å². The van der Waals surface area contributed by atoms with Crippen molar-refractivity contribution in [2.75, 3.05) is 13.2 Å². The summed E-state index contributed by atoms with van der Waals surface area (Å²) in [6, 6.07) is 9.89. The van der Waals surface area contributed by atoms with E-state index >= 15 is 0 Å². The average molecular weight is 275 g/mol. The van der Waals surface area contributed by atoms with E-state index in [1.807, 2.05) is 44.2 Å². The molecule has 0 N–H and O–H groups in total. The number of carbonyl (C=O) groups excluding carboxylic acids is 1. The number of benzene rings is 1. The fourth-order valence-electron chi connectivity index (χ4n) is 3.26. The summed E-state index contributed by atoms with van der Waals surface area (Å²) in [4.78, 5) is 11.7. The highest BCUT2D eigenvalue weighted by atomic mass is 16.7. The highest BCUT2D eigenvalue weighted by Gasteiger charge is 2.47. The molecule has 1 aromatic carbocycles. The molecule has 1 saturated carbocycles. The van der Waals surface area contributed by atoms with Crippen LogP contribution in [0.4, 0.5) is 0 Å². The van der Waals surface area contributed by atoms with Gasteiger partial charge in [0, 0.05) is 26.1 Å². The van der Waals surface area contributed by atoms with Crippen molar-refractivity contribution in [3.8, 4) is 0 Å². The molecule has 0 spiro atoms. The van der Waals surface area contributed by atoms with Gasteiger partial charge < -0.3 is 9.47 Å². The minimum atomic E-state index is -0.644. The lowest BCUT2D eigenvalue weighted by atomic mass is 9.68. The van der Waals surface area contributed by atoms with Gasteiger partial charge in [0.15, 0.2) is 5.79 Å². The largest absolute Gasteiger partial charge is 0.350 e. The molecule has 20 heavy (non-hydrogen) atoms. The normalized spacial score (nSPS) is 25.3. The zero-order valence-electron chi connectivity index (χ0n) is 12.4. The first-order valence-corrected chi connectivity index (χ1v) is 7.43. The van der Waals surface area contributed by atoms with Gasteiger partial charge in [0.2, 0.25) is 6.29 Å². The summed E-state index contributed by atoms with van der Waals surface area (Å²) in [6.07, 6.45) is 5.40. The Hall–Kier alpha value is -1.19. The fraction of sp³-hybridized carbons (Fsp3) is 0.588. The Balaban J connectivity index is 2.32. The van der Waals surface area contributed by atoms with Crippen LogP contribution in [0.2, 0.25) is 0 Å². The van der Waals surface area contributed by atoms with Gasteiger partial charge in [-0.3, -0.25) is 4.79 Å². The van der Waals surface area contributed by atoms with Crippen molar-refractivity contribution in [1.82, 2.24) is 0 Å².